The van der Waals surface area contributed by atoms with Crippen LogP contribution in [-0.4, -0.2) is 19.0 Å². The summed E-state index contributed by atoms with van der Waals surface area (Å²) < 4.78 is 37.7. The first-order valence-corrected chi connectivity index (χ1v) is 6.03. The van der Waals surface area contributed by atoms with Crippen LogP contribution in [0.25, 0.3) is 0 Å². The van der Waals surface area contributed by atoms with Gasteiger partial charge in [-0.2, -0.15) is 13.2 Å². The number of hydrogen-bond acceptors (Lipinski definition) is 2. The fraction of sp³-hybridized carbons (Fsp3) is 0.462. The highest BCUT2D eigenvalue weighted by atomic mass is 19.4. The fourth-order valence-electron chi connectivity index (χ4n) is 1.59. The Morgan fingerprint density at radius 2 is 2.00 bits per heavy atom. The third-order valence-corrected chi connectivity index (χ3v) is 2.61. The molecule has 1 aromatic carbocycles. The lowest BCUT2D eigenvalue weighted by molar-refractivity contribution is -0.137. The highest BCUT2D eigenvalue weighted by Gasteiger charge is 2.30. The number of benzene rings is 1. The average molecular weight is 274 g/mol. The maximum absolute atomic E-state index is 12.6. The van der Waals surface area contributed by atoms with E-state index >= 15 is 0 Å². The van der Waals surface area contributed by atoms with Crippen LogP contribution in [0.15, 0.2) is 18.2 Å². The third kappa shape index (κ3) is 4.81. The Labute approximate surface area is 110 Å². The van der Waals surface area contributed by atoms with Gasteiger partial charge in [0, 0.05) is 25.2 Å². The summed E-state index contributed by atoms with van der Waals surface area (Å²) in [6, 6.07) is 3.52. The van der Waals surface area contributed by atoms with Crippen LogP contribution in [0.3, 0.4) is 0 Å². The summed E-state index contributed by atoms with van der Waals surface area (Å²) in [5.41, 5.74) is 0.418. The normalized spacial score (nSPS) is 11.2. The molecule has 0 saturated carbocycles. The Morgan fingerprint density at radius 3 is 2.58 bits per heavy atom. The molecule has 0 saturated heterocycles. The molecule has 0 atom stereocenters. The Balaban J connectivity index is 2.65. The summed E-state index contributed by atoms with van der Waals surface area (Å²) in [4.78, 5) is 11.2. The largest absolute Gasteiger partial charge is 0.416 e. The highest BCUT2D eigenvalue weighted by molar-refractivity contribution is 5.76. The van der Waals surface area contributed by atoms with Crippen LogP contribution in [0.4, 0.5) is 18.9 Å². The second-order valence-electron chi connectivity index (χ2n) is 4.16. The molecular formula is C13H17F3N2O. The number of nitrogens with one attached hydrogen (secondary N) is 2. The molecule has 0 heterocycles. The monoisotopic (exact) mass is 274 g/mol. The summed E-state index contributed by atoms with van der Waals surface area (Å²) in [7, 11) is 0. The number of amides is 1. The van der Waals surface area contributed by atoms with Gasteiger partial charge in [-0.1, -0.05) is 6.07 Å². The molecule has 0 spiro atoms. The van der Waals surface area contributed by atoms with Gasteiger partial charge >= 0.3 is 6.18 Å². The zero-order valence-electron chi connectivity index (χ0n) is 10.9. The molecule has 106 valence electrons. The van der Waals surface area contributed by atoms with Gasteiger partial charge in [-0.05, 0) is 31.5 Å². The number of carbonyl (C=O) groups excluding carboxylic acids is 1. The van der Waals surface area contributed by atoms with E-state index in [2.05, 4.69) is 10.6 Å². The Hall–Kier alpha value is -1.72. The highest BCUT2D eigenvalue weighted by Crippen LogP contribution is 2.31. The van der Waals surface area contributed by atoms with Crippen molar-refractivity contribution in [1.29, 1.82) is 0 Å². The lowest BCUT2D eigenvalue weighted by Crippen LogP contribution is -2.24. The van der Waals surface area contributed by atoms with E-state index in [1.54, 1.807) is 6.92 Å². The lowest BCUT2D eigenvalue weighted by atomic mass is 10.1. The van der Waals surface area contributed by atoms with Crippen LogP contribution in [0, 0.1) is 6.92 Å². The number of alkyl halides is 3. The van der Waals surface area contributed by atoms with Crippen LogP contribution < -0.4 is 10.6 Å². The zero-order valence-corrected chi connectivity index (χ0v) is 10.9. The summed E-state index contributed by atoms with van der Waals surface area (Å²) >= 11 is 0. The molecule has 2 N–H and O–H groups in total. The quantitative estimate of drug-likeness (QED) is 0.866. The number of halogens is 3. The molecule has 0 aliphatic heterocycles. The van der Waals surface area contributed by atoms with Gasteiger partial charge in [0.1, 0.15) is 0 Å². The van der Waals surface area contributed by atoms with Gasteiger partial charge < -0.3 is 10.6 Å². The molecule has 6 heteroatoms. The molecule has 3 nitrogen and oxygen atoms in total. The second-order valence-corrected chi connectivity index (χ2v) is 4.16. The van der Waals surface area contributed by atoms with Crippen molar-refractivity contribution in [1.82, 2.24) is 5.32 Å². The van der Waals surface area contributed by atoms with Crippen molar-refractivity contribution in [2.45, 2.75) is 26.4 Å². The Kier molecular flexibility index (Phi) is 5.20. The van der Waals surface area contributed by atoms with E-state index in [-0.39, 0.29) is 12.3 Å². The standard InChI is InChI=1S/C13H17F3N2O/c1-3-17-12(19)6-7-18-11-8-10(13(14,15)16)5-4-9(11)2/h4-5,8,18H,3,6-7H2,1-2H3,(H,17,19). The minimum Gasteiger partial charge on any atom is -0.384 e. The first-order valence-electron chi connectivity index (χ1n) is 6.03. The van der Waals surface area contributed by atoms with Crippen molar-refractivity contribution in [2.24, 2.45) is 0 Å². The van der Waals surface area contributed by atoms with Gasteiger partial charge in [-0.15, -0.1) is 0 Å². The molecule has 0 fully saturated rings. The van der Waals surface area contributed by atoms with E-state index in [1.807, 2.05) is 6.92 Å². The van der Waals surface area contributed by atoms with Crippen molar-refractivity contribution >= 4 is 11.6 Å². The minimum atomic E-state index is -4.36. The van der Waals surface area contributed by atoms with Crippen molar-refractivity contribution in [3.05, 3.63) is 29.3 Å². The van der Waals surface area contributed by atoms with Crippen molar-refractivity contribution in [3.63, 3.8) is 0 Å². The van der Waals surface area contributed by atoms with Gasteiger partial charge in [-0.3, -0.25) is 4.79 Å². The van der Waals surface area contributed by atoms with Gasteiger partial charge in [0.25, 0.3) is 0 Å². The van der Waals surface area contributed by atoms with Crippen LogP contribution in [0.1, 0.15) is 24.5 Å². The summed E-state index contributed by atoms with van der Waals surface area (Å²) in [6.07, 6.45) is -4.13. The minimum absolute atomic E-state index is 0.125. The van der Waals surface area contributed by atoms with E-state index < -0.39 is 11.7 Å². The van der Waals surface area contributed by atoms with E-state index in [1.165, 1.54) is 6.07 Å². The topological polar surface area (TPSA) is 41.1 Å². The SMILES string of the molecule is CCNC(=O)CCNc1cc(C(F)(F)F)ccc1C. The first kappa shape index (κ1) is 15.3. The Bertz CT molecular complexity index is 444. The molecule has 0 aliphatic carbocycles. The predicted molar refractivity (Wildman–Crippen MR) is 68.0 cm³/mol. The van der Waals surface area contributed by atoms with Gasteiger partial charge in [0.15, 0.2) is 0 Å². The number of anilines is 1. The Morgan fingerprint density at radius 1 is 1.32 bits per heavy atom. The average Bonchev–Trinajstić information content (AvgIpc) is 2.30. The van der Waals surface area contributed by atoms with Crippen molar-refractivity contribution in [3.8, 4) is 0 Å². The molecule has 0 bridgehead atoms. The molecule has 0 radical (unpaired) electrons. The molecule has 1 rings (SSSR count). The maximum atomic E-state index is 12.6. The molecule has 1 aromatic rings. The molecule has 0 unspecified atom stereocenters. The molecule has 19 heavy (non-hydrogen) atoms. The predicted octanol–water partition coefficient (Wildman–Crippen LogP) is 2.95. The number of aryl methyl sites for hydroxylation is 1. The lowest BCUT2D eigenvalue weighted by Gasteiger charge is -2.13. The zero-order chi connectivity index (χ0) is 14.5. The maximum Gasteiger partial charge on any atom is 0.416 e. The van der Waals surface area contributed by atoms with Crippen LogP contribution in [0.2, 0.25) is 0 Å². The second kappa shape index (κ2) is 6.45. The number of rotatable bonds is 5. The third-order valence-electron chi connectivity index (χ3n) is 2.61. The van der Waals surface area contributed by atoms with E-state index in [4.69, 9.17) is 0 Å². The van der Waals surface area contributed by atoms with Crippen molar-refractivity contribution < 1.29 is 18.0 Å². The molecule has 1 amide bonds. The van der Waals surface area contributed by atoms with Crippen LogP contribution in [-0.2, 0) is 11.0 Å². The number of hydrogen-bond donors (Lipinski definition) is 2. The fourth-order valence-corrected chi connectivity index (χ4v) is 1.59. The summed E-state index contributed by atoms with van der Waals surface area (Å²) in [5.74, 6) is -0.125. The van der Waals surface area contributed by atoms with Crippen molar-refractivity contribution in [2.75, 3.05) is 18.4 Å². The molecule has 0 aliphatic rings. The van der Waals surface area contributed by atoms with Crippen LogP contribution in [0.5, 0.6) is 0 Å². The van der Waals surface area contributed by atoms with Gasteiger partial charge in [-0.25, -0.2) is 0 Å². The van der Waals surface area contributed by atoms with E-state index in [0.29, 0.717) is 24.3 Å². The smallest absolute Gasteiger partial charge is 0.384 e. The van der Waals surface area contributed by atoms with E-state index in [0.717, 1.165) is 12.1 Å². The summed E-state index contributed by atoms with van der Waals surface area (Å²) in [6.45, 7) is 4.37. The number of carbonyl (C=O) groups is 1. The summed E-state index contributed by atoms with van der Waals surface area (Å²) in [5, 5.41) is 5.48. The van der Waals surface area contributed by atoms with Gasteiger partial charge in [0.2, 0.25) is 5.91 Å². The van der Waals surface area contributed by atoms with Gasteiger partial charge in [0.05, 0.1) is 5.56 Å². The van der Waals surface area contributed by atoms with E-state index in [9.17, 15) is 18.0 Å². The van der Waals surface area contributed by atoms with Crippen LogP contribution >= 0.6 is 0 Å². The first-order chi connectivity index (χ1) is 8.84. The molecular weight excluding hydrogens is 257 g/mol. The molecule has 0 aromatic heterocycles.